The standard InChI is InChI=1S/C30H24N2O4/c1-4-32(5-2)22-10-12-25-28(16-22)36-29-17-26(34)23-11-7-19(15-24(23)30(29)31-25)6-9-21-14-20(18-33)8-13-27(21)35-3/h7-8,10-18H,4-5H2,1-3H3. The van der Waals surface area contributed by atoms with Gasteiger partial charge < -0.3 is 14.1 Å². The molecule has 0 unspecified atom stereocenters. The van der Waals surface area contributed by atoms with Gasteiger partial charge in [0.2, 0.25) is 0 Å². The van der Waals surface area contributed by atoms with Crippen molar-refractivity contribution >= 4 is 33.8 Å². The van der Waals surface area contributed by atoms with Gasteiger partial charge in [0, 0.05) is 52.8 Å². The van der Waals surface area contributed by atoms with Crippen LogP contribution < -0.4 is 15.1 Å². The highest BCUT2D eigenvalue weighted by molar-refractivity contribution is 5.97. The highest BCUT2D eigenvalue weighted by Crippen LogP contribution is 2.32. The Balaban J connectivity index is 1.65. The molecule has 0 N–H and O–H groups in total. The fourth-order valence-corrected chi connectivity index (χ4v) is 4.36. The molecule has 6 heteroatoms. The first kappa shape index (κ1) is 23.1. The highest BCUT2D eigenvalue weighted by Gasteiger charge is 2.17. The molecule has 0 fully saturated rings. The van der Waals surface area contributed by atoms with Gasteiger partial charge in [0.25, 0.3) is 0 Å². The van der Waals surface area contributed by atoms with Gasteiger partial charge >= 0.3 is 0 Å². The number of nitrogens with zero attached hydrogens (tertiary/aromatic N) is 2. The van der Waals surface area contributed by atoms with Crippen LogP contribution in [0.3, 0.4) is 0 Å². The van der Waals surface area contributed by atoms with E-state index in [4.69, 9.17) is 14.1 Å². The molecular formula is C30H24N2O4. The van der Waals surface area contributed by atoms with E-state index in [0.29, 0.717) is 55.8 Å². The van der Waals surface area contributed by atoms with Crippen molar-refractivity contribution in [2.24, 2.45) is 0 Å². The lowest BCUT2D eigenvalue weighted by Gasteiger charge is -2.21. The van der Waals surface area contributed by atoms with Crippen molar-refractivity contribution in [1.82, 2.24) is 4.98 Å². The van der Waals surface area contributed by atoms with Crippen molar-refractivity contribution in [3.8, 4) is 29.0 Å². The summed E-state index contributed by atoms with van der Waals surface area (Å²) in [6.07, 6.45) is 0.771. The molecule has 1 heterocycles. The molecule has 2 aliphatic rings. The second-order valence-corrected chi connectivity index (χ2v) is 8.35. The van der Waals surface area contributed by atoms with Crippen LogP contribution in [0, 0.1) is 11.8 Å². The smallest absolute Gasteiger partial charge is 0.190 e. The molecule has 0 bridgehead atoms. The van der Waals surface area contributed by atoms with Crippen LogP contribution >= 0.6 is 0 Å². The predicted molar refractivity (Wildman–Crippen MR) is 142 cm³/mol. The zero-order chi connectivity index (χ0) is 25.2. The number of fused-ring (bicyclic) bond motifs is 4. The van der Waals surface area contributed by atoms with Crippen LogP contribution in [-0.2, 0) is 0 Å². The zero-order valence-corrected chi connectivity index (χ0v) is 20.3. The lowest BCUT2D eigenvalue weighted by Crippen LogP contribution is -2.21. The quantitative estimate of drug-likeness (QED) is 0.144. The van der Waals surface area contributed by atoms with E-state index < -0.39 is 0 Å². The maximum atomic E-state index is 12.9. The first-order chi connectivity index (χ1) is 17.5. The van der Waals surface area contributed by atoms with E-state index in [2.05, 4.69) is 30.6 Å². The van der Waals surface area contributed by atoms with Gasteiger partial charge in [0.1, 0.15) is 23.2 Å². The second kappa shape index (κ2) is 9.55. The van der Waals surface area contributed by atoms with Crippen molar-refractivity contribution < 1.29 is 13.9 Å². The van der Waals surface area contributed by atoms with Crippen molar-refractivity contribution in [2.75, 3.05) is 25.1 Å². The lowest BCUT2D eigenvalue weighted by molar-refractivity contribution is 0.112. The SMILES string of the molecule is CCN(CC)c1ccc2nc3c4cc(C#Cc5cc(C=O)ccc5OC)ccc4c(=O)cc-3oc2c1. The van der Waals surface area contributed by atoms with Gasteiger partial charge in [0.05, 0.1) is 12.7 Å². The van der Waals surface area contributed by atoms with Crippen LogP contribution in [0.5, 0.6) is 5.75 Å². The normalized spacial score (nSPS) is 10.9. The summed E-state index contributed by atoms with van der Waals surface area (Å²) in [6, 6.07) is 17.9. The monoisotopic (exact) mass is 476 g/mol. The number of anilines is 1. The van der Waals surface area contributed by atoms with Gasteiger partial charge in [-0.2, -0.15) is 0 Å². The average molecular weight is 477 g/mol. The number of aldehydes is 1. The zero-order valence-electron chi connectivity index (χ0n) is 20.3. The number of carbonyl (C=O) groups excluding carboxylic acids is 1. The molecular weight excluding hydrogens is 452 g/mol. The Morgan fingerprint density at radius 1 is 0.972 bits per heavy atom. The van der Waals surface area contributed by atoms with Crippen molar-refractivity contribution in [1.29, 1.82) is 0 Å². The summed E-state index contributed by atoms with van der Waals surface area (Å²) in [4.78, 5) is 31.1. The Kier molecular flexibility index (Phi) is 6.14. The minimum Gasteiger partial charge on any atom is -0.495 e. The third-order valence-corrected chi connectivity index (χ3v) is 6.26. The molecule has 5 rings (SSSR count). The van der Waals surface area contributed by atoms with Crippen LogP contribution in [0.4, 0.5) is 5.69 Å². The van der Waals surface area contributed by atoms with Gasteiger partial charge in [-0.3, -0.25) is 9.59 Å². The fraction of sp³-hybridized carbons (Fsp3) is 0.167. The number of methoxy groups -OCH3 is 1. The van der Waals surface area contributed by atoms with Crippen LogP contribution in [0.25, 0.3) is 33.3 Å². The predicted octanol–water partition coefficient (Wildman–Crippen LogP) is 5.51. The van der Waals surface area contributed by atoms with Gasteiger partial charge in [-0.25, -0.2) is 4.98 Å². The van der Waals surface area contributed by atoms with E-state index in [1.54, 1.807) is 37.4 Å². The molecule has 3 aromatic carbocycles. The fourth-order valence-electron chi connectivity index (χ4n) is 4.36. The Morgan fingerprint density at radius 3 is 2.56 bits per heavy atom. The Morgan fingerprint density at radius 2 is 1.81 bits per heavy atom. The van der Waals surface area contributed by atoms with Crippen LogP contribution in [0.2, 0.25) is 0 Å². The molecule has 0 aromatic heterocycles. The summed E-state index contributed by atoms with van der Waals surface area (Å²) in [5.74, 6) is 7.21. The van der Waals surface area contributed by atoms with E-state index >= 15 is 0 Å². The molecule has 1 aliphatic carbocycles. The minimum atomic E-state index is -0.137. The summed E-state index contributed by atoms with van der Waals surface area (Å²) in [7, 11) is 1.56. The number of hydrogen-bond acceptors (Lipinski definition) is 6. The summed E-state index contributed by atoms with van der Waals surface area (Å²) in [6.45, 7) is 5.98. The van der Waals surface area contributed by atoms with Gasteiger partial charge in [-0.1, -0.05) is 11.8 Å². The number of aromatic nitrogens is 1. The first-order valence-corrected chi connectivity index (χ1v) is 11.8. The molecule has 3 aromatic rings. The summed E-state index contributed by atoms with van der Waals surface area (Å²) < 4.78 is 11.5. The van der Waals surface area contributed by atoms with E-state index in [-0.39, 0.29) is 5.43 Å². The molecule has 0 atom stereocenters. The molecule has 0 saturated carbocycles. The van der Waals surface area contributed by atoms with Crippen LogP contribution in [0.15, 0.2) is 69.9 Å². The molecule has 0 spiro atoms. The summed E-state index contributed by atoms with van der Waals surface area (Å²) in [5, 5.41) is 1.23. The Bertz CT molecular complexity index is 1700. The average Bonchev–Trinajstić information content (AvgIpc) is 2.91. The number of benzene rings is 4. The number of ether oxygens (including phenoxy) is 1. The van der Waals surface area contributed by atoms with Gasteiger partial charge in [-0.05, 0) is 62.4 Å². The molecule has 1 aliphatic heterocycles. The third-order valence-electron chi connectivity index (χ3n) is 6.26. The highest BCUT2D eigenvalue weighted by atomic mass is 16.5. The minimum absolute atomic E-state index is 0.137. The van der Waals surface area contributed by atoms with E-state index in [0.717, 1.165) is 25.1 Å². The molecule has 0 saturated heterocycles. The lowest BCUT2D eigenvalue weighted by atomic mass is 10.0. The Hall–Kier alpha value is -4.63. The largest absolute Gasteiger partial charge is 0.495 e. The molecule has 6 nitrogen and oxygen atoms in total. The number of carbonyl (C=O) groups is 1. The number of hydrogen-bond donors (Lipinski definition) is 0. The van der Waals surface area contributed by atoms with Gasteiger partial charge in [0.15, 0.2) is 16.8 Å². The van der Waals surface area contributed by atoms with Crippen molar-refractivity contribution in [3.63, 3.8) is 0 Å². The van der Waals surface area contributed by atoms with E-state index in [1.165, 1.54) is 6.07 Å². The third kappa shape index (κ3) is 4.16. The summed E-state index contributed by atoms with van der Waals surface area (Å²) in [5.41, 5.74) is 4.68. The second-order valence-electron chi connectivity index (χ2n) is 8.35. The Labute approximate surface area is 208 Å². The number of rotatable bonds is 5. The van der Waals surface area contributed by atoms with Gasteiger partial charge in [-0.15, -0.1) is 0 Å². The first-order valence-electron chi connectivity index (χ1n) is 11.8. The van der Waals surface area contributed by atoms with Crippen molar-refractivity contribution in [2.45, 2.75) is 13.8 Å². The molecule has 0 radical (unpaired) electrons. The molecule has 178 valence electrons. The van der Waals surface area contributed by atoms with Crippen LogP contribution in [0.1, 0.15) is 35.3 Å². The van der Waals surface area contributed by atoms with Crippen molar-refractivity contribution in [3.05, 3.63) is 87.6 Å². The summed E-state index contributed by atoms with van der Waals surface area (Å²) >= 11 is 0. The molecule has 0 amide bonds. The van der Waals surface area contributed by atoms with E-state index in [9.17, 15) is 9.59 Å². The van der Waals surface area contributed by atoms with E-state index in [1.807, 2.05) is 24.3 Å². The topological polar surface area (TPSA) is 72.6 Å². The van der Waals surface area contributed by atoms with Crippen LogP contribution in [-0.4, -0.2) is 31.5 Å². The molecule has 36 heavy (non-hydrogen) atoms. The maximum absolute atomic E-state index is 12.9. The maximum Gasteiger partial charge on any atom is 0.190 e.